The molecule has 0 aromatic heterocycles. The van der Waals surface area contributed by atoms with Crippen LogP contribution in [-0.4, -0.2) is 0 Å². The van der Waals surface area contributed by atoms with Crippen LogP contribution in [0.5, 0.6) is 0 Å². The molecule has 0 spiro atoms. The van der Waals surface area contributed by atoms with Crippen LogP contribution < -0.4 is 0 Å². The third-order valence-electron chi connectivity index (χ3n) is 2.34. The number of rotatable bonds is 7. The van der Waals surface area contributed by atoms with Gasteiger partial charge in [-0.15, -0.1) is 6.58 Å². The maximum atomic E-state index is 3.73. The Morgan fingerprint density at radius 3 is 2.25 bits per heavy atom. The van der Waals surface area contributed by atoms with Gasteiger partial charge in [-0.1, -0.05) is 46.1 Å². The molecule has 72 valence electrons. The van der Waals surface area contributed by atoms with Gasteiger partial charge in [0.1, 0.15) is 0 Å². The molecule has 0 aromatic rings. The van der Waals surface area contributed by atoms with Gasteiger partial charge >= 0.3 is 0 Å². The molecular weight excluding hydrogens is 144 g/mol. The van der Waals surface area contributed by atoms with Crippen molar-refractivity contribution in [3.63, 3.8) is 0 Å². The summed E-state index contributed by atoms with van der Waals surface area (Å²) in [6.45, 7) is 10.7. The normalized spacial score (nSPS) is 13.3. The average molecular weight is 168 g/mol. The number of hydrogen-bond acceptors (Lipinski definition) is 0. The molecule has 1 unspecified atom stereocenters. The first-order chi connectivity index (χ1) is 5.66. The highest BCUT2D eigenvalue weighted by Gasteiger charge is 2.02. The molecule has 0 aromatic carbocycles. The summed E-state index contributed by atoms with van der Waals surface area (Å²) in [5, 5.41) is 0. The van der Waals surface area contributed by atoms with Crippen LogP contribution in [-0.2, 0) is 0 Å². The molecule has 0 heterocycles. The molecule has 0 aliphatic carbocycles. The summed E-state index contributed by atoms with van der Waals surface area (Å²) in [7, 11) is 0. The summed E-state index contributed by atoms with van der Waals surface area (Å²) < 4.78 is 0. The first-order valence-electron chi connectivity index (χ1n) is 5.27. The van der Waals surface area contributed by atoms with Crippen molar-refractivity contribution in [2.24, 2.45) is 11.8 Å². The SMILES string of the molecule is C=CCCCC(C)CCC(C)C. The Hall–Kier alpha value is -0.260. The molecule has 12 heavy (non-hydrogen) atoms. The minimum atomic E-state index is 0.867. The Bertz CT molecular complexity index is 103. The molecule has 0 aliphatic heterocycles. The van der Waals surface area contributed by atoms with Crippen LogP contribution in [0.1, 0.15) is 52.9 Å². The summed E-state index contributed by atoms with van der Waals surface area (Å²) in [5.74, 6) is 1.78. The molecule has 0 saturated carbocycles. The average Bonchev–Trinajstić information content (AvgIpc) is 2.01. The zero-order chi connectivity index (χ0) is 9.40. The molecule has 0 nitrogen and oxygen atoms in total. The highest BCUT2D eigenvalue weighted by Crippen LogP contribution is 2.17. The summed E-state index contributed by atoms with van der Waals surface area (Å²) in [4.78, 5) is 0. The van der Waals surface area contributed by atoms with Gasteiger partial charge in [0.25, 0.3) is 0 Å². The predicted octanol–water partition coefficient (Wildman–Crippen LogP) is 4.42. The second-order valence-corrected chi connectivity index (χ2v) is 4.30. The van der Waals surface area contributed by atoms with E-state index >= 15 is 0 Å². The fourth-order valence-electron chi connectivity index (χ4n) is 1.37. The largest absolute Gasteiger partial charge is 0.103 e. The van der Waals surface area contributed by atoms with E-state index in [-0.39, 0.29) is 0 Å². The minimum absolute atomic E-state index is 0.867. The van der Waals surface area contributed by atoms with Crippen molar-refractivity contribution in [2.45, 2.75) is 52.9 Å². The lowest BCUT2D eigenvalue weighted by atomic mass is 9.95. The molecule has 0 aliphatic rings. The van der Waals surface area contributed by atoms with Gasteiger partial charge in [-0.25, -0.2) is 0 Å². The quantitative estimate of drug-likeness (QED) is 0.390. The van der Waals surface area contributed by atoms with Gasteiger partial charge in [0.2, 0.25) is 0 Å². The molecule has 1 atom stereocenters. The molecule has 0 rings (SSSR count). The summed E-state index contributed by atoms with van der Waals surface area (Å²) in [6.07, 6.45) is 8.69. The van der Waals surface area contributed by atoms with Crippen LogP contribution in [0.15, 0.2) is 12.7 Å². The van der Waals surface area contributed by atoms with Gasteiger partial charge in [-0.05, 0) is 24.7 Å². The standard InChI is InChI=1S/C12H24/c1-5-6-7-8-12(4)10-9-11(2)3/h5,11-12H,1,6-10H2,2-4H3. The van der Waals surface area contributed by atoms with E-state index in [4.69, 9.17) is 0 Å². The maximum Gasteiger partial charge on any atom is -0.0353 e. The monoisotopic (exact) mass is 168 g/mol. The third-order valence-corrected chi connectivity index (χ3v) is 2.34. The van der Waals surface area contributed by atoms with Crippen LogP contribution in [0.2, 0.25) is 0 Å². The number of unbranched alkanes of at least 4 members (excludes halogenated alkanes) is 1. The predicted molar refractivity (Wildman–Crippen MR) is 57.3 cm³/mol. The Morgan fingerprint density at radius 1 is 1.08 bits per heavy atom. The highest BCUT2D eigenvalue weighted by atomic mass is 14.1. The molecule has 0 saturated heterocycles. The first-order valence-corrected chi connectivity index (χ1v) is 5.27. The van der Waals surface area contributed by atoms with E-state index < -0.39 is 0 Å². The Kier molecular flexibility index (Phi) is 7.23. The molecule has 0 fully saturated rings. The molecule has 0 heteroatoms. The van der Waals surface area contributed by atoms with Crippen LogP contribution in [0.4, 0.5) is 0 Å². The van der Waals surface area contributed by atoms with Crippen molar-refractivity contribution in [1.82, 2.24) is 0 Å². The molecule has 0 amide bonds. The van der Waals surface area contributed by atoms with E-state index in [0.29, 0.717) is 0 Å². The molecule has 0 bridgehead atoms. The topological polar surface area (TPSA) is 0 Å². The lowest BCUT2D eigenvalue weighted by Crippen LogP contribution is -1.97. The smallest absolute Gasteiger partial charge is 0.0353 e. The molecular formula is C12H24. The van der Waals surface area contributed by atoms with Crippen molar-refractivity contribution in [3.05, 3.63) is 12.7 Å². The molecule has 0 radical (unpaired) electrons. The van der Waals surface area contributed by atoms with E-state index in [1.807, 2.05) is 6.08 Å². The van der Waals surface area contributed by atoms with Gasteiger partial charge < -0.3 is 0 Å². The van der Waals surface area contributed by atoms with Gasteiger partial charge in [0.05, 0.1) is 0 Å². The summed E-state index contributed by atoms with van der Waals surface area (Å²) >= 11 is 0. The van der Waals surface area contributed by atoms with Crippen molar-refractivity contribution in [2.75, 3.05) is 0 Å². The van der Waals surface area contributed by atoms with Crippen molar-refractivity contribution < 1.29 is 0 Å². The Labute approximate surface area is 78.1 Å². The van der Waals surface area contributed by atoms with Gasteiger partial charge in [-0.3, -0.25) is 0 Å². The van der Waals surface area contributed by atoms with Crippen LogP contribution in [0.3, 0.4) is 0 Å². The van der Waals surface area contributed by atoms with E-state index in [9.17, 15) is 0 Å². The van der Waals surface area contributed by atoms with E-state index in [2.05, 4.69) is 27.4 Å². The van der Waals surface area contributed by atoms with Crippen molar-refractivity contribution in [3.8, 4) is 0 Å². The lowest BCUT2D eigenvalue weighted by molar-refractivity contribution is 0.420. The summed E-state index contributed by atoms with van der Waals surface area (Å²) in [6, 6.07) is 0. The second kappa shape index (κ2) is 7.39. The zero-order valence-electron chi connectivity index (χ0n) is 8.97. The van der Waals surface area contributed by atoms with Crippen LogP contribution in [0.25, 0.3) is 0 Å². The third kappa shape index (κ3) is 7.84. The van der Waals surface area contributed by atoms with Crippen LogP contribution in [0, 0.1) is 11.8 Å². The van der Waals surface area contributed by atoms with Crippen molar-refractivity contribution >= 4 is 0 Å². The highest BCUT2D eigenvalue weighted by molar-refractivity contribution is 4.66. The zero-order valence-corrected chi connectivity index (χ0v) is 8.97. The maximum absolute atomic E-state index is 3.73. The fourth-order valence-corrected chi connectivity index (χ4v) is 1.37. The fraction of sp³-hybridized carbons (Fsp3) is 0.833. The van der Waals surface area contributed by atoms with Gasteiger partial charge in [-0.2, -0.15) is 0 Å². The van der Waals surface area contributed by atoms with Crippen LogP contribution >= 0.6 is 0 Å². The van der Waals surface area contributed by atoms with E-state index in [1.165, 1.54) is 32.1 Å². The Morgan fingerprint density at radius 2 is 1.75 bits per heavy atom. The number of allylic oxidation sites excluding steroid dienone is 1. The van der Waals surface area contributed by atoms with Gasteiger partial charge in [0, 0.05) is 0 Å². The second-order valence-electron chi connectivity index (χ2n) is 4.30. The summed E-state index contributed by atoms with van der Waals surface area (Å²) in [5.41, 5.74) is 0. The van der Waals surface area contributed by atoms with E-state index in [0.717, 1.165) is 11.8 Å². The first kappa shape index (κ1) is 11.7. The van der Waals surface area contributed by atoms with Crippen molar-refractivity contribution in [1.29, 1.82) is 0 Å². The van der Waals surface area contributed by atoms with E-state index in [1.54, 1.807) is 0 Å². The lowest BCUT2D eigenvalue weighted by Gasteiger charge is -2.11. The molecule has 0 N–H and O–H groups in total. The Balaban J connectivity index is 3.21. The number of hydrogen-bond donors (Lipinski definition) is 0. The van der Waals surface area contributed by atoms with Gasteiger partial charge in [0.15, 0.2) is 0 Å². The minimum Gasteiger partial charge on any atom is -0.103 e.